The molecule has 0 unspecified atom stereocenters. The van der Waals surface area contributed by atoms with Crippen LogP contribution in [0, 0.1) is 13.8 Å². The van der Waals surface area contributed by atoms with E-state index in [4.69, 9.17) is 23.7 Å². The largest absolute Gasteiger partial charge is 0.493 e. The van der Waals surface area contributed by atoms with Crippen molar-refractivity contribution in [1.29, 1.82) is 0 Å². The van der Waals surface area contributed by atoms with Crippen LogP contribution in [0.4, 0.5) is 0 Å². The molecule has 3 aromatic carbocycles. The monoisotopic (exact) mass is 446 g/mol. The second-order valence-electron chi connectivity index (χ2n) is 7.70. The molecule has 0 N–H and O–H groups in total. The molecule has 1 aliphatic heterocycles. The highest BCUT2D eigenvalue weighted by molar-refractivity contribution is 6.15. The molecule has 4 rings (SSSR count). The molecule has 0 saturated carbocycles. The topological polar surface area (TPSA) is 63.2 Å². The average Bonchev–Trinajstić information content (AvgIpc) is 3.15. The van der Waals surface area contributed by atoms with Gasteiger partial charge >= 0.3 is 0 Å². The molecule has 0 aromatic heterocycles. The second-order valence-corrected chi connectivity index (χ2v) is 7.70. The van der Waals surface area contributed by atoms with E-state index in [9.17, 15) is 4.79 Å². The Labute approximate surface area is 193 Å². The fraction of sp³-hybridized carbons (Fsp3) is 0.222. The lowest BCUT2D eigenvalue weighted by atomic mass is 10.1. The van der Waals surface area contributed by atoms with Crippen molar-refractivity contribution >= 4 is 11.9 Å². The Morgan fingerprint density at radius 3 is 2.18 bits per heavy atom. The minimum atomic E-state index is -0.199. The molecular formula is C27H26O6. The third-order valence-electron chi connectivity index (χ3n) is 5.57. The van der Waals surface area contributed by atoms with Crippen molar-refractivity contribution < 1.29 is 28.5 Å². The number of aryl methyl sites for hydroxylation is 1. The zero-order chi connectivity index (χ0) is 23.5. The van der Waals surface area contributed by atoms with Gasteiger partial charge in [-0.2, -0.15) is 0 Å². The first-order valence-corrected chi connectivity index (χ1v) is 10.5. The molecular weight excluding hydrogens is 420 g/mol. The summed E-state index contributed by atoms with van der Waals surface area (Å²) in [6.07, 6.45) is 1.65. The lowest BCUT2D eigenvalue weighted by Gasteiger charge is -2.14. The predicted octanol–water partition coefficient (Wildman–Crippen LogP) is 5.52. The second kappa shape index (κ2) is 9.28. The molecule has 0 bridgehead atoms. The molecule has 6 nitrogen and oxygen atoms in total. The summed E-state index contributed by atoms with van der Waals surface area (Å²) in [5.41, 5.74) is 4.18. The summed E-state index contributed by atoms with van der Waals surface area (Å²) in [5.74, 6) is 2.61. The summed E-state index contributed by atoms with van der Waals surface area (Å²) in [7, 11) is 4.62. The Kier molecular flexibility index (Phi) is 6.27. The average molecular weight is 446 g/mol. The number of rotatable bonds is 7. The first-order valence-electron chi connectivity index (χ1n) is 10.5. The minimum absolute atomic E-state index is 0.199. The Hall–Kier alpha value is -3.93. The SMILES string of the molecule is COc1ccc(/C=C2\Oc3c(ccc(OCc4ccc(C)cc4)c3C)C2=O)c(OC)c1OC. The molecule has 1 aliphatic rings. The van der Waals surface area contributed by atoms with E-state index in [0.29, 0.717) is 46.5 Å². The fourth-order valence-electron chi connectivity index (χ4n) is 3.75. The van der Waals surface area contributed by atoms with Gasteiger partial charge in [0.2, 0.25) is 11.5 Å². The van der Waals surface area contributed by atoms with E-state index < -0.39 is 0 Å². The van der Waals surface area contributed by atoms with Gasteiger partial charge in [-0.1, -0.05) is 29.8 Å². The molecule has 33 heavy (non-hydrogen) atoms. The van der Waals surface area contributed by atoms with Crippen LogP contribution in [0.1, 0.15) is 32.6 Å². The molecule has 0 fully saturated rings. The number of hydrogen-bond donors (Lipinski definition) is 0. The van der Waals surface area contributed by atoms with Gasteiger partial charge in [-0.25, -0.2) is 0 Å². The summed E-state index contributed by atoms with van der Waals surface area (Å²) < 4.78 is 28.3. The maximum Gasteiger partial charge on any atom is 0.231 e. The molecule has 0 radical (unpaired) electrons. The summed E-state index contributed by atoms with van der Waals surface area (Å²) >= 11 is 0. The number of carbonyl (C=O) groups excluding carboxylic acids is 1. The fourth-order valence-corrected chi connectivity index (χ4v) is 3.75. The number of methoxy groups -OCH3 is 3. The van der Waals surface area contributed by atoms with Crippen molar-refractivity contribution in [3.8, 4) is 28.7 Å². The van der Waals surface area contributed by atoms with E-state index in [1.165, 1.54) is 19.8 Å². The number of carbonyl (C=O) groups is 1. The molecule has 0 aliphatic carbocycles. The number of hydrogen-bond acceptors (Lipinski definition) is 6. The van der Waals surface area contributed by atoms with Crippen molar-refractivity contribution in [2.45, 2.75) is 20.5 Å². The number of benzene rings is 3. The number of Topliss-reactive ketones (excluding diaryl/α,β-unsaturated/α-hetero) is 1. The highest BCUT2D eigenvalue weighted by Crippen LogP contribution is 2.43. The van der Waals surface area contributed by atoms with Crippen LogP contribution in [-0.2, 0) is 6.61 Å². The zero-order valence-electron chi connectivity index (χ0n) is 19.4. The quantitative estimate of drug-likeness (QED) is 0.445. The Morgan fingerprint density at radius 2 is 1.52 bits per heavy atom. The van der Waals surface area contributed by atoms with Gasteiger partial charge in [-0.15, -0.1) is 0 Å². The van der Waals surface area contributed by atoms with Gasteiger partial charge in [0, 0.05) is 11.1 Å². The molecule has 6 heteroatoms. The van der Waals surface area contributed by atoms with E-state index in [-0.39, 0.29) is 11.5 Å². The molecule has 3 aromatic rings. The Balaban J connectivity index is 1.62. The van der Waals surface area contributed by atoms with E-state index in [1.54, 1.807) is 31.4 Å². The van der Waals surface area contributed by atoms with Crippen molar-refractivity contribution in [3.63, 3.8) is 0 Å². The highest BCUT2D eigenvalue weighted by atomic mass is 16.5. The lowest BCUT2D eigenvalue weighted by molar-refractivity contribution is 0.101. The van der Waals surface area contributed by atoms with Gasteiger partial charge in [0.15, 0.2) is 17.3 Å². The molecule has 1 heterocycles. The van der Waals surface area contributed by atoms with Crippen molar-refractivity contribution in [2.24, 2.45) is 0 Å². The third-order valence-corrected chi connectivity index (χ3v) is 5.57. The van der Waals surface area contributed by atoms with Gasteiger partial charge in [0.25, 0.3) is 0 Å². The van der Waals surface area contributed by atoms with Crippen LogP contribution < -0.4 is 23.7 Å². The highest BCUT2D eigenvalue weighted by Gasteiger charge is 2.31. The predicted molar refractivity (Wildman–Crippen MR) is 126 cm³/mol. The summed E-state index contributed by atoms with van der Waals surface area (Å²) in [6, 6.07) is 15.3. The first-order chi connectivity index (χ1) is 16.0. The van der Waals surface area contributed by atoms with E-state index in [1.807, 2.05) is 32.0 Å². The first kappa shape index (κ1) is 22.3. The smallest absolute Gasteiger partial charge is 0.231 e. The van der Waals surface area contributed by atoms with Crippen molar-refractivity contribution in [1.82, 2.24) is 0 Å². The number of ether oxygens (including phenoxy) is 5. The van der Waals surface area contributed by atoms with Crippen LogP contribution in [0.2, 0.25) is 0 Å². The van der Waals surface area contributed by atoms with Gasteiger partial charge in [-0.05, 0) is 49.8 Å². The molecule has 0 spiro atoms. The standard InChI is InChI=1S/C27H26O6/c1-16-6-8-18(9-7-16)15-32-21-13-11-20-24(28)23(33-25(20)17(21)2)14-19-10-12-22(29-3)27(31-5)26(19)30-4/h6-14H,15H2,1-5H3/b23-14-. The van der Waals surface area contributed by atoms with Gasteiger partial charge in [-0.3, -0.25) is 4.79 Å². The van der Waals surface area contributed by atoms with Crippen LogP contribution >= 0.6 is 0 Å². The van der Waals surface area contributed by atoms with E-state index in [2.05, 4.69) is 12.1 Å². The van der Waals surface area contributed by atoms with Crippen LogP contribution in [0.25, 0.3) is 6.08 Å². The van der Waals surface area contributed by atoms with E-state index >= 15 is 0 Å². The molecule has 170 valence electrons. The van der Waals surface area contributed by atoms with Crippen LogP contribution in [0.15, 0.2) is 54.3 Å². The lowest BCUT2D eigenvalue weighted by Crippen LogP contribution is -2.00. The van der Waals surface area contributed by atoms with Crippen molar-refractivity contribution in [3.05, 3.63) is 82.1 Å². The molecule has 0 atom stereocenters. The van der Waals surface area contributed by atoms with Gasteiger partial charge in [0.1, 0.15) is 18.1 Å². The number of fused-ring (bicyclic) bond motifs is 1. The number of ketones is 1. The van der Waals surface area contributed by atoms with Gasteiger partial charge in [0.05, 0.1) is 26.9 Å². The number of allylic oxidation sites excluding steroid dienone is 1. The molecule has 0 saturated heterocycles. The normalized spacial score (nSPS) is 13.5. The summed E-state index contributed by atoms with van der Waals surface area (Å²) in [6.45, 7) is 4.36. The Morgan fingerprint density at radius 1 is 0.818 bits per heavy atom. The van der Waals surface area contributed by atoms with E-state index in [0.717, 1.165) is 11.1 Å². The third kappa shape index (κ3) is 4.24. The summed E-state index contributed by atoms with van der Waals surface area (Å²) in [5, 5.41) is 0. The molecule has 0 amide bonds. The maximum atomic E-state index is 13.0. The summed E-state index contributed by atoms with van der Waals surface area (Å²) in [4.78, 5) is 13.0. The van der Waals surface area contributed by atoms with Gasteiger partial charge < -0.3 is 23.7 Å². The zero-order valence-corrected chi connectivity index (χ0v) is 19.4. The Bertz CT molecular complexity index is 1220. The van der Waals surface area contributed by atoms with Crippen molar-refractivity contribution in [2.75, 3.05) is 21.3 Å². The maximum absolute atomic E-state index is 13.0. The minimum Gasteiger partial charge on any atom is -0.493 e. The van der Waals surface area contributed by atoms with Crippen LogP contribution in [-0.4, -0.2) is 27.1 Å². The van der Waals surface area contributed by atoms with Crippen LogP contribution in [0.3, 0.4) is 0 Å². The van der Waals surface area contributed by atoms with Crippen LogP contribution in [0.5, 0.6) is 28.7 Å².